The number of nitrogens with zero attached hydrogens (tertiary/aromatic N) is 2. The van der Waals surface area contributed by atoms with Crippen LogP contribution in [-0.2, 0) is 37.4 Å². The fourth-order valence-electron chi connectivity index (χ4n) is 5.61. The van der Waals surface area contributed by atoms with Crippen molar-refractivity contribution in [2.45, 2.75) is 30.9 Å². The van der Waals surface area contributed by atoms with E-state index in [0.29, 0.717) is 28.6 Å². The highest BCUT2D eigenvalue weighted by Gasteiger charge is 2.37. The van der Waals surface area contributed by atoms with Crippen molar-refractivity contribution in [1.29, 1.82) is 0 Å². The van der Waals surface area contributed by atoms with Gasteiger partial charge in [0.05, 0.1) is 14.7 Å². The summed E-state index contributed by atoms with van der Waals surface area (Å²) in [6, 6.07) is 32.0. The third-order valence-electron chi connectivity index (χ3n) is 8.70. The number of nitrogens with one attached hydrogen (secondary N) is 2. The molecule has 0 aromatic heterocycles. The van der Waals surface area contributed by atoms with E-state index >= 15 is 0 Å². The normalized spacial score (nSPS) is 14.0. The molecule has 1 atom stereocenters. The van der Waals surface area contributed by atoms with Gasteiger partial charge in [0.25, 0.3) is 32.8 Å². The zero-order valence-electron chi connectivity index (χ0n) is 30.1. The second-order valence-electron chi connectivity index (χ2n) is 12.9. The van der Waals surface area contributed by atoms with Crippen molar-refractivity contribution in [1.82, 2.24) is 14.9 Å². The van der Waals surface area contributed by atoms with Gasteiger partial charge in [0, 0.05) is 23.0 Å². The van der Waals surface area contributed by atoms with Crippen LogP contribution in [0.4, 0.5) is 10.5 Å². The number of nitro groups is 1. The van der Waals surface area contributed by atoms with Crippen LogP contribution in [0.15, 0.2) is 136 Å². The number of imide groups is 1. The highest BCUT2D eigenvalue weighted by molar-refractivity contribution is 9.10. The molecule has 57 heavy (non-hydrogen) atoms. The monoisotopic (exact) mass is 868 g/mol. The lowest BCUT2D eigenvalue weighted by molar-refractivity contribution is -0.384. The lowest BCUT2D eigenvalue weighted by Gasteiger charge is -2.20. The van der Waals surface area contributed by atoms with Crippen molar-refractivity contribution in [3.63, 3.8) is 0 Å². The van der Waals surface area contributed by atoms with Gasteiger partial charge in [-0.1, -0.05) is 94.3 Å². The molecule has 6 rings (SSSR count). The van der Waals surface area contributed by atoms with E-state index in [1.54, 1.807) is 30.3 Å². The van der Waals surface area contributed by atoms with E-state index in [1.807, 2.05) is 84.4 Å². The zero-order chi connectivity index (χ0) is 40.7. The Hall–Kier alpha value is -6.10. The summed E-state index contributed by atoms with van der Waals surface area (Å²) in [5.41, 5.74) is 4.88. The van der Waals surface area contributed by atoms with Crippen LogP contribution in [-0.4, -0.2) is 53.8 Å². The molecule has 1 fully saturated rings. The zero-order valence-corrected chi connectivity index (χ0v) is 33.3. The number of ether oxygens (including phenoxy) is 1. The minimum Gasteiger partial charge on any atom is -0.489 e. The first-order chi connectivity index (χ1) is 27.2. The van der Waals surface area contributed by atoms with E-state index in [2.05, 4.69) is 21.2 Å². The number of benzene rings is 5. The van der Waals surface area contributed by atoms with Crippen molar-refractivity contribution >= 4 is 72.4 Å². The Kier molecular flexibility index (Phi) is 12.7. The smallest absolute Gasteiger partial charge is 0.294 e. The second-order valence-corrected chi connectivity index (χ2v) is 16.5. The van der Waals surface area contributed by atoms with Crippen LogP contribution in [0.2, 0.25) is 0 Å². The van der Waals surface area contributed by atoms with Crippen LogP contribution in [0.25, 0.3) is 17.2 Å². The number of rotatable bonds is 14. The number of nitro benzene ring substituents is 1. The molecule has 0 spiro atoms. The molecule has 5 aromatic rings. The molecule has 1 aliphatic heterocycles. The van der Waals surface area contributed by atoms with Gasteiger partial charge in [-0.3, -0.25) is 34.2 Å². The third-order valence-corrected chi connectivity index (χ3v) is 11.5. The van der Waals surface area contributed by atoms with Crippen molar-refractivity contribution in [3.8, 4) is 16.9 Å². The first kappa shape index (κ1) is 40.6. The van der Waals surface area contributed by atoms with Crippen LogP contribution >= 0.6 is 27.7 Å². The SMILES string of the molecule is Cc1ccc(-c2ccc(C=C3SC(=O)N(CC(=O)N[C@@H](Cc4ccc(OCc5ccc(Br)cc5)cc4)C(=O)NS(=O)(=O)c4ccc([N+](=O)[O-])cc4)C3=O)cc2)cc1. The summed E-state index contributed by atoms with van der Waals surface area (Å²) in [4.78, 5) is 63.9. The number of amides is 4. The average molecular weight is 870 g/mol. The summed E-state index contributed by atoms with van der Waals surface area (Å²) >= 11 is 4.06. The Bertz CT molecular complexity index is 2460. The third kappa shape index (κ3) is 10.6. The van der Waals surface area contributed by atoms with E-state index in [1.165, 1.54) is 0 Å². The second kappa shape index (κ2) is 17.8. The van der Waals surface area contributed by atoms with Gasteiger partial charge in [-0.15, -0.1) is 0 Å². The summed E-state index contributed by atoms with van der Waals surface area (Å²) in [6.45, 7) is 1.55. The summed E-state index contributed by atoms with van der Waals surface area (Å²) in [6.07, 6.45) is 1.36. The van der Waals surface area contributed by atoms with Crippen molar-refractivity contribution in [3.05, 3.63) is 163 Å². The van der Waals surface area contributed by atoms with Gasteiger partial charge in [-0.05, 0) is 89.0 Å². The minimum atomic E-state index is -4.54. The molecule has 4 amide bonds. The molecule has 16 heteroatoms. The summed E-state index contributed by atoms with van der Waals surface area (Å²) < 4.78 is 35.0. The predicted molar refractivity (Wildman–Crippen MR) is 218 cm³/mol. The topological polar surface area (TPSA) is 182 Å². The summed E-state index contributed by atoms with van der Waals surface area (Å²) in [7, 11) is -4.54. The number of carbonyl (C=O) groups is 4. The molecule has 5 aromatic carbocycles. The highest BCUT2D eigenvalue weighted by Crippen LogP contribution is 2.32. The number of sulfonamides is 1. The van der Waals surface area contributed by atoms with Crippen molar-refractivity contribution < 1.29 is 37.3 Å². The molecule has 1 heterocycles. The molecule has 13 nitrogen and oxygen atoms in total. The fraction of sp³-hybridized carbons (Fsp3) is 0.122. The van der Waals surface area contributed by atoms with Gasteiger partial charge >= 0.3 is 0 Å². The minimum absolute atomic E-state index is 0.0989. The molecule has 0 unspecified atom stereocenters. The molecular weight excluding hydrogens is 837 g/mol. The molecule has 0 saturated carbocycles. The molecule has 2 N–H and O–H groups in total. The van der Waals surface area contributed by atoms with E-state index in [9.17, 15) is 37.7 Å². The largest absolute Gasteiger partial charge is 0.489 e. The Morgan fingerprint density at radius 1 is 0.860 bits per heavy atom. The highest BCUT2D eigenvalue weighted by atomic mass is 79.9. The maximum Gasteiger partial charge on any atom is 0.294 e. The number of halogens is 1. The van der Waals surface area contributed by atoms with Gasteiger partial charge in [-0.2, -0.15) is 0 Å². The summed E-state index contributed by atoms with van der Waals surface area (Å²) in [5, 5.41) is 12.8. The Morgan fingerprint density at radius 2 is 1.46 bits per heavy atom. The number of aryl methyl sites for hydroxylation is 1. The van der Waals surface area contributed by atoms with Gasteiger partial charge in [0.2, 0.25) is 5.91 Å². The maximum absolute atomic E-state index is 13.5. The first-order valence-corrected chi connectivity index (χ1v) is 20.3. The quantitative estimate of drug-likeness (QED) is 0.0659. The number of thioether (sulfide) groups is 1. The average Bonchev–Trinajstić information content (AvgIpc) is 3.45. The van der Waals surface area contributed by atoms with Gasteiger partial charge in [0.15, 0.2) is 0 Å². The van der Waals surface area contributed by atoms with Crippen LogP contribution < -0.4 is 14.8 Å². The summed E-state index contributed by atoms with van der Waals surface area (Å²) in [5.74, 6) is -2.21. The lowest BCUT2D eigenvalue weighted by atomic mass is 10.0. The number of carbonyl (C=O) groups excluding carboxylic acids is 4. The van der Waals surface area contributed by atoms with E-state index in [0.717, 1.165) is 55.9 Å². The van der Waals surface area contributed by atoms with E-state index in [4.69, 9.17) is 4.74 Å². The van der Waals surface area contributed by atoms with Gasteiger partial charge in [0.1, 0.15) is 24.9 Å². The number of non-ortho nitro benzene ring substituents is 1. The van der Waals surface area contributed by atoms with Gasteiger partial charge < -0.3 is 10.1 Å². The van der Waals surface area contributed by atoms with Crippen LogP contribution in [0, 0.1) is 17.0 Å². The lowest BCUT2D eigenvalue weighted by Crippen LogP contribution is -2.52. The molecular formula is C41H33BrN4O9S2. The standard InChI is InChI=1S/C41H33BrN4O9S2/c1-26-2-10-30(11-3-26)31-12-4-28(5-13-31)23-37-40(49)45(41(50)56-37)24-38(47)43-36(39(48)44-57(53,54)35-20-16-33(17-21-35)46(51)52)22-27-8-18-34(19-9-27)55-25-29-6-14-32(42)15-7-29/h2-21,23,36H,22,24-25H2,1H3,(H,43,47)(H,44,48)/t36-/m0/s1. The Balaban J connectivity index is 1.15. The maximum atomic E-state index is 13.5. The molecule has 0 radical (unpaired) electrons. The Morgan fingerprint density at radius 3 is 2.07 bits per heavy atom. The fourth-order valence-corrected chi connectivity index (χ4v) is 7.73. The first-order valence-electron chi connectivity index (χ1n) is 17.2. The number of hydrogen-bond acceptors (Lipinski definition) is 10. The molecule has 1 saturated heterocycles. The van der Waals surface area contributed by atoms with E-state index < -0.39 is 55.4 Å². The molecule has 0 bridgehead atoms. The number of hydrogen-bond donors (Lipinski definition) is 2. The van der Waals surface area contributed by atoms with Crippen LogP contribution in [0.3, 0.4) is 0 Å². The molecule has 1 aliphatic rings. The van der Waals surface area contributed by atoms with E-state index in [-0.39, 0.29) is 23.6 Å². The van der Waals surface area contributed by atoms with Crippen molar-refractivity contribution in [2.75, 3.05) is 6.54 Å². The predicted octanol–water partition coefficient (Wildman–Crippen LogP) is 7.18. The Labute approximate surface area is 340 Å². The van der Waals surface area contributed by atoms with Crippen LogP contribution in [0.1, 0.15) is 22.3 Å². The molecule has 0 aliphatic carbocycles. The van der Waals surface area contributed by atoms with Crippen molar-refractivity contribution in [2.24, 2.45) is 0 Å². The van der Waals surface area contributed by atoms with Crippen LogP contribution in [0.5, 0.6) is 5.75 Å². The van der Waals surface area contributed by atoms with Gasteiger partial charge in [-0.25, -0.2) is 13.1 Å². The molecule has 290 valence electrons.